The molecule has 9 heteroatoms. The van der Waals surface area contributed by atoms with E-state index in [1.165, 1.54) is 12.1 Å². The molecular formula is C23H28F3N3O3. The number of hydrogen-bond donors (Lipinski definition) is 1. The number of methoxy groups -OCH3 is 1. The molecule has 3 rings (SSSR count). The Morgan fingerprint density at radius 2 is 1.75 bits per heavy atom. The third-order valence-corrected chi connectivity index (χ3v) is 5.29. The third-order valence-electron chi connectivity index (χ3n) is 5.29. The van der Waals surface area contributed by atoms with Crippen LogP contribution in [0.25, 0.3) is 0 Å². The van der Waals surface area contributed by atoms with E-state index in [0.29, 0.717) is 32.0 Å². The summed E-state index contributed by atoms with van der Waals surface area (Å²) in [5, 5.41) is 2.71. The molecule has 0 radical (unpaired) electrons. The number of alkyl halides is 3. The van der Waals surface area contributed by atoms with Crippen molar-refractivity contribution in [3.63, 3.8) is 0 Å². The van der Waals surface area contributed by atoms with E-state index in [0.717, 1.165) is 49.5 Å². The number of rotatable bonds is 8. The maximum atomic E-state index is 12.9. The summed E-state index contributed by atoms with van der Waals surface area (Å²) in [5.74, 6) is 0.724. The van der Waals surface area contributed by atoms with Gasteiger partial charge in [-0.1, -0.05) is 12.1 Å². The van der Waals surface area contributed by atoms with E-state index in [9.17, 15) is 18.0 Å². The molecule has 1 N–H and O–H groups in total. The molecule has 2 aromatic carbocycles. The van der Waals surface area contributed by atoms with E-state index < -0.39 is 11.7 Å². The van der Waals surface area contributed by atoms with Crippen LogP contribution in [0.3, 0.4) is 0 Å². The average molecular weight is 451 g/mol. The van der Waals surface area contributed by atoms with Crippen molar-refractivity contribution in [1.82, 2.24) is 9.80 Å². The van der Waals surface area contributed by atoms with Crippen LogP contribution in [0.15, 0.2) is 48.5 Å². The van der Waals surface area contributed by atoms with E-state index in [1.807, 2.05) is 24.3 Å². The van der Waals surface area contributed by atoms with Crippen molar-refractivity contribution in [1.29, 1.82) is 0 Å². The second-order valence-corrected chi connectivity index (χ2v) is 7.58. The predicted molar refractivity (Wildman–Crippen MR) is 116 cm³/mol. The highest BCUT2D eigenvalue weighted by atomic mass is 19.4. The number of carbonyl (C=O) groups is 1. The van der Waals surface area contributed by atoms with Crippen LogP contribution in [-0.2, 0) is 17.5 Å². The van der Waals surface area contributed by atoms with Gasteiger partial charge < -0.3 is 19.7 Å². The van der Waals surface area contributed by atoms with Crippen LogP contribution >= 0.6 is 0 Å². The van der Waals surface area contributed by atoms with E-state index >= 15 is 0 Å². The van der Waals surface area contributed by atoms with Crippen LogP contribution in [-0.4, -0.2) is 62.3 Å². The maximum Gasteiger partial charge on any atom is 0.416 e. The van der Waals surface area contributed by atoms with Gasteiger partial charge in [0.15, 0.2) is 0 Å². The first-order chi connectivity index (χ1) is 15.3. The molecule has 2 aromatic rings. The number of carbonyl (C=O) groups excluding carboxylic acids is 1. The Balaban J connectivity index is 1.64. The lowest BCUT2D eigenvalue weighted by atomic mass is 10.2. The zero-order valence-corrected chi connectivity index (χ0v) is 18.0. The standard InChI is InChI=1S/C23H28F3N3O3/c1-31-21-9-3-18(4-10-21)17-29(12-2-11-28-13-15-32-16-14-28)22(30)27-20-7-5-19(6-8-20)23(24,25)26/h3-10H,2,11-17H2,1H3,(H,27,30). The van der Waals surface area contributed by atoms with Gasteiger partial charge in [0.2, 0.25) is 0 Å². The smallest absolute Gasteiger partial charge is 0.416 e. The first kappa shape index (κ1) is 23.9. The fraction of sp³-hybridized carbons (Fsp3) is 0.435. The van der Waals surface area contributed by atoms with Crippen LogP contribution in [0.4, 0.5) is 23.7 Å². The largest absolute Gasteiger partial charge is 0.497 e. The number of morpholine rings is 1. The van der Waals surface area contributed by atoms with Gasteiger partial charge in [0.1, 0.15) is 5.75 Å². The fourth-order valence-electron chi connectivity index (χ4n) is 3.46. The molecule has 1 saturated heterocycles. The van der Waals surface area contributed by atoms with Crippen molar-refractivity contribution in [2.24, 2.45) is 0 Å². The summed E-state index contributed by atoms with van der Waals surface area (Å²) in [6.45, 7) is 4.89. The number of nitrogens with one attached hydrogen (secondary N) is 1. The summed E-state index contributed by atoms with van der Waals surface area (Å²) in [4.78, 5) is 16.9. The Hall–Kier alpha value is -2.78. The maximum absolute atomic E-state index is 12.9. The summed E-state index contributed by atoms with van der Waals surface area (Å²) >= 11 is 0. The van der Waals surface area contributed by atoms with Gasteiger partial charge in [0.25, 0.3) is 0 Å². The predicted octanol–water partition coefficient (Wildman–Crippen LogP) is 4.47. The second-order valence-electron chi connectivity index (χ2n) is 7.58. The highest BCUT2D eigenvalue weighted by molar-refractivity contribution is 5.89. The van der Waals surface area contributed by atoms with Crippen LogP contribution < -0.4 is 10.1 Å². The summed E-state index contributed by atoms with van der Waals surface area (Å²) in [6.07, 6.45) is -3.64. The Kier molecular flexibility index (Phi) is 8.35. The molecule has 1 aliphatic heterocycles. The summed E-state index contributed by atoms with van der Waals surface area (Å²) in [5.41, 5.74) is 0.492. The number of amides is 2. The van der Waals surface area contributed by atoms with Gasteiger partial charge in [-0.25, -0.2) is 4.79 Å². The Morgan fingerprint density at radius 1 is 1.09 bits per heavy atom. The molecule has 0 spiro atoms. The average Bonchev–Trinajstić information content (AvgIpc) is 2.79. The molecule has 174 valence electrons. The SMILES string of the molecule is COc1ccc(CN(CCCN2CCOCC2)C(=O)Nc2ccc(C(F)(F)F)cc2)cc1. The zero-order chi connectivity index (χ0) is 23.0. The molecule has 2 amide bonds. The summed E-state index contributed by atoms with van der Waals surface area (Å²) < 4.78 is 48.9. The minimum absolute atomic E-state index is 0.316. The molecular weight excluding hydrogens is 423 g/mol. The van der Waals surface area contributed by atoms with Crippen molar-refractivity contribution in [2.45, 2.75) is 19.1 Å². The van der Waals surface area contributed by atoms with Crippen LogP contribution in [0.5, 0.6) is 5.75 Å². The van der Waals surface area contributed by atoms with Gasteiger partial charge in [-0.3, -0.25) is 4.90 Å². The topological polar surface area (TPSA) is 54.0 Å². The number of hydrogen-bond acceptors (Lipinski definition) is 4. The van der Waals surface area contributed by atoms with Crippen LogP contribution in [0, 0.1) is 0 Å². The summed E-state index contributed by atoms with van der Waals surface area (Å²) in [7, 11) is 1.59. The third kappa shape index (κ3) is 7.13. The van der Waals surface area contributed by atoms with E-state index in [1.54, 1.807) is 12.0 Å². The minimum atomic E-state index is -4.41. The molecule has 1 fully saturated rings. The molecule has 1 aliphatic rings. The highest BCUT2D eigenvalue weighted by Crippen LogP contribution is 2.29. The molecule has 6 nitrogen and oxygen atoms in total. The van der Waals surface area contributed by atoms with Gasteiger partial charge in [-0.05, 0) is 48.4 Å². The first-order valence-electron chi connectivity index (χ1n) is 10.5. The van der Waals surface area contributed by atoms with Gasteiger partial charge in [0.05, 0.1) is 25.9 Å². The fourth-order valence-corrected chi connectivity index (χ4v) is 3.46. The Bertz CT molecular complexity index is 852. The number of benzene rings is 2. The number of nitrogens with zero attached hydrogens (tertiary/aromatic N) is 2. The van der Waals surface area contributed by atoms with Crippen molar-refractivity contribution >= 4 is 11.7 Å². The Morgan fingerprint density at radius 3 is 2.34 bits per heavy atom. The molecule has 0 atom stereocenters. The quantitative estimate of drug-likeness (QED) is 0.644. The number of halogens is 3. The second kappa shape index (κ2) is 11.2. The normalized spacial score (nSPS) is 14.8. The monoisotopic (exact) mass is 451 g/mol. The highest BCUT2D eigenvalue weighted by Gasteiger charge is 2.30. The molecule has 32 heavy (non-hydrogen) atoms. The molecule has 0 aromatic heterocycles. The zero-order valence-electron chi connectivity index (χ0n) is 18.0. The van der Waals surface area contributed by atoms with Gasteiger partial charge in [-0.2, -0.15) is 13.2 Å². The van der Waals surface area contributed by atoms with Crippen molar-refractivity contribution in [3.05, 3.63) is 59.7 Å². The number of urea groups is 1. The molecule has 0 aliphatic carbocycles. The van der Waals surface area contributed by atoms with Crippen molar-refractivity contribution in [3.8, 4) is 5.75 Å². The van der Waals surface area contributed by atoms with Crippen molar-refractivity contribution < 1.29 is 27.4 Å². The van der Waals surface area contributed by atoms with Gasteiger partial charge in [-0.15, -0.1) is 0 Å². The van der Waals surface area contributed by atoms with E-state index in [-0.39, 0.29) is 6.03 Å². The molecule has 0 saturated carbocycles. The van der Waals surface area contributed by atoms with Gasteiger partial charge >= 0.3 is 12.2 Å². The minimum Gasteiger partial charge on any atom is -0.497 e. The Labute approximate surface area is 185 Å². The lowest BCUT2D eigenvalue weighted by molar-refractivity contribution is -0.137. The van der Waals surface area contributed by atoms with E-state index in [4.69, 9.17) is 9.47 Å². The van der Waals surface area contributed by atoms with Crippen LogP contribution in [0.1, 0.15) is 17.5 Å². The number of ether oxygens (including phenoxy) is 2. The molecule has 0 unspecified atom stereocenters. The number of anilines is 1. The lowest BCUT2D eigenvalue weighted by Gasteiger charge is -2.28. The van der Waals surface area contributed by atoms with E-state index in [2.05, 4.69) is 10.2 Å². The first-order valence-corrected chi connectivity index (χ1v) is 10.5. The van der Waals surface area contributed by atoms with Crippen LogP contribution in [0.2, 0.25) is 0 Å². The van der Waals surface area contributed by atoms with Crippen molar-refractivity contribution in [2.75, 3.05) is 51.8 Å². The summed E-state index contributed by atoms with van der Waals surface area (Å²) in [6, 6.07) is 11.5. The lowest BCUT2D eigenvalue weighted by Crippen LogP contribution is -2.40. The molecule has 1 heterocycles. The molecule has 0 bridgehead atoms. The van der Waals surface area contributed by atoms with Gasteiger partial charge in [0, 0.05) is 38.4 Å².